The molecule has 0 radical (unpaired) electrons. The van der Waals surface area contributed by atoms with Gasteiger partial charge in [-0.1, -0.05) is 11.6 Å². The maximum atomic E-state index is 5.98. The van der Waals surface area contributed by atoms with Crippen LogP contribution in [0.1, 0.15) is 37.5 Å². The number of hydrogen-bond donors (Lipinski definition) is 1. The number of halogens is 1. The summed E-state index contributed by atoms with van der Waals surface area (Å²) in [4.78, 5) is 6.69. The molecule has 1 N–H and O–H groups in total. The van der Waals surface area contributed by atoms with Crippen molar-refractivity contribution < 1.29 is 9.25 Å². The lowest BCUT2D eigenvalue weighted by molar-refractivity contribution is -0.0853. The molecule has 0 saturated heterocycles. The van der Waals surface area contributed by atoms with Gasteiger partial charge in [-0.05, 0) is 45.0 Å². The summed E-state index contributed by atoms with van der Waals surface area (Å²) in [5.41, 5.74) is 2.78. The SMILES string of the molecule is CC(C)(C)ONC(c1ccco1)c1ccc(Cl)s1. The van der Waals surface area contributed by atoms with E-state index in [9.17, 15) is 0 Å². The van der Waals surface area contributed by atoms with E-state index in [1.165, 1.54) is 11.3 Å². The van der Waals surface area contributed by atoms with Crippen LogP contribution in [0.3, 0.4) is 0 Å². The van der Waals surface area contributed by atoms with Gasteiger partial charge < -0.3 is 4.42 Å². The third-order valence-electron chi connectivity index (χ3n) is 2.19. The molecule has 0 aliphatic carbocycles. The third kappa shape index (κ3) is 3.59. The van der Waals surface area contributed by atoms with Gasteiger partial charge in [0.25, 0.3) is 0 Å². The van der Waals surface area contributed by atoms with Gasteiger partial charge in [-0.15, -0.1) is 11.3 Å². The summed E-state index contributed by atoms with van der Waals surface area (Å²) < 4.78 is 6.19. The second-order valence-corrected chi connectivity index (χ2v) is 6.67. The zero-order chi connectivity index (χ0) is 13.2. The minimum absolute atomic E-state index is 0.142. The minimum Gasteiger partial charge on any atom is -0.467 e. The van der Waals surface area contributed by atoms with Crippen molar-refractivity contribution >= 4 is 22.9 Å². The van der Waals surface area contributed by atoms with E-state index in [1.54, 1.807) is 6.26 Å². The molecule has 0 fully saturated rings. The van der Waals surface area contributed by atoms with E-state index >= 15 is 0 Å². The van der Waals surface area contributed by atoms with Crippen LogP contribution in [0.2, 0.25) is 4.34 Å². The molecule has 18 heavy (non-hydrogen) atoms. The highest BCUT2D eigenvalue weighted by Crippen LogP contribution is 2.31. The molecular formula is C13H16ClNO2S. The van der Waals surface area contributed by atoms with Crippen LogP contribution in [-0.4, -0.2) is 5.60 Å². The fourth-order valence-electron chi connectivity index (χ4n) is 1.43. The first-order chi connectivity index (χ1) is 8.46. The first-order valence-corrected chi connectivity index (χ1v) is 6.87. The highest BCUT2D eigenvalue weighted by atomic mass is 35.5. The Hall–Kier alpha value is -0.810. The predicted molar refractivity (Wildman–Crippen MR) is 73.9 cm³/mol. The summed E-state index contributed by atoms with van der Waals surface area (Å²) in [6.45, 7) is 5.96. The van der Waals surface area contributed by atoms with Crippen LogP contribution >= 0.6 is 22.9 Å². The lowest BCUT2D eigenvalue weighted by Gasteiger charge is -2.23. The molecular weight excluding hydrogens is 270 g/mol. The number of thiophene rings is 1. The number of nitrogens with one attached hydrogen (secondary N) is 1. The van der Waals surface area contributed by atoms with Crippen LogP contribution in [0.4, 0.5) is 0 Å². The van der Waals surface area contributed by atoms with Gasteiger partial charge in [-0.25, -0.2) is 0 Å². The van der Waals surface area contributed by atoms with E-state index in [2.05, 4.69) is 5.48 Å². The zero-order valence-electron chi connectivity index (χ0n) is 10.6. The maximum Gasteiger partial charge on any atom is 0.128 e. The molecule has 2 rings (SSSR count). The van der Waals surface area contributed by atoms with Crippen molar-refractivity contribution in [3.05, 3.63) is 45.5 Å². The molecule has 0 aliphatic heterocycles. The van der Waals surface area contributed by atoms with Crippen molar-refractivity contribution in [2.24, 2.45) is 0 Å². The summed E-state index contributed by atoms with van der Waals surface area (Å²) in [6, 6.07) is 7.47. The van der Waals surface area contributed by atoms with Gasteiger partial charge in [0.15, 0.2) is 0 Å². The summed E-state index contributed by atoms with van der Waals surface area (Å²) in [5, 5.41) is 0. The van der Waals surface area contributed by atoms with E-state index < -0.39 is 0 Å². The average Bonchev–Trinajstić information content (AvgIpc) is 2.89. The fraction of sp³-hybridized carbons (Fsp3) is 0.385. The van der Waals surface area contributed by atoms with E-state index in [-0.39, 0.29) is 11.6 Å². The second kappa shape index (κ2) is 5.45. The summed E-state index contributed by atoms with van der Waals surface area (Å²) in [6.07, 6.45) is 1.65. The van der Waals surface area contributed by atoms with Crippen LogP contribution in [0.25, 0.3) is 0 Å². The molecule has 3 nitrogen and oxygen atoms in total. The number of hydroxylamine groups is 1. The molecule has 2 aromatic rings. The van der Waals surface area contributed by atoms with Crippen molar-refractivity contribution in [2.75, 3.05) is 0 Å². The molecule has 1 atom stereocenters. The van der Waals surface area contributed by atoms with Crippen LogP contribution < -0.4 is 5.48 Å². The lowest BCUT2D eigenvalue weighted by atomic mass is 10.2. The monoisotopic (exact) mass is 285 g/mol. The molecule has 0 aliphatic rings. The molecule has 0 aromatic carbocycles. The van der Waals surface area contributed by atoms with Crippen LogP contribution in [0.15, 0.2) is 34.9 Å². The lowest BCUT2D eigenvalue weighted by Crippen LogP contribution is -2.32. The van der Waals surface area contributed by atoms with Gasteiger partial charge in [0.05, 0.1) is 16.2 Å². The first-order valence-electron chi connectivity index (χ1n) is 5.68. The smallest absolute Gasteiger partial charge is 0.128 e. The molecule has 0 amide bonds. The Bertz CT molecular complexity index is 487. The molecule has 98 valence electrons. The van der Waals surface area contributed by atoms with Crippen LogP contribution in [0, 0.1) is 0 Å². The highest BCUT2D eigenvalue weighted by molar-refractivity contribution is 7.16. The van der Waals surface area contributed by atoms with Crippen molar-refractivity contribution in [2.45, 2.75) is 32.4 Å². The van der Waals surface area contributed by atoms with E-state index in [1.807, 2.05) is 45.0 Å². The van der Waals surface area contributed by atoms with Gasteiger partial charge in [0, 0.05) is 4.88 Å². The number of hydrogen-bond acceptors (Lipinski definition) is 4. The first kappa shape index (κ1) is 13.6. The maximum absolute atomic E-state index is 5.98. The topological polar surface area (TPSA) is 34.4 Å². The van der Waals surface area contributed by atoms with Gasteiger partial charge >= 0.3 is 0 Å². The Labute approximate surface area is 116 Å². The van der Waals surface area contributed by atoms with Gasteiger partial charge in [0.1, 0.15) is 11.8 Å². The Morgan fingerprint density at radius 3 is 2.61 bits per heavy atom. The molecule has 1 unspecified atom stereocenters. The quantitative estimate of drug-likeness (QED) is 0.845. The van der Waals surface area contributed by atoms with Crippen molar-refractivity contribution in [3.8, 4) is 0 Å². The van der Waals surface area contributed by atoms with Crippen molar-refractivity contribution in [3.63, 3.8) is 0 Å². The standard InChI is InChI=1S/C13H16ClNO2S/c1-13(2,3)17-15-12(9-5-4-8-16-9)10-6-7-11(14)18-10/h4-8,12,15H,1-3H3. The molecule has 5 heteroatoms. The third-order valence-corrected chi connectivity index (χ3v) is 3.49. The normalized spacial score (nSPS) is 13.8. The Balaban J connectivity index is 2.19. The van der Waals surface area contributed by atoms with E-state index in [0.29, 0.717) is 0 Å². The number of rotatable bonds is 4. The average molecular weight is 286 g/mol. The highest BCUT2D eigenvalue weighted by Gasteiger charge is 2.21. The van der Waals surface area contributed by atoms with Crippen molar-refractivity contribution in [1.82, 2.24) is 5.48 Å². The van der Waals surface area contributed by atoms with Gasteiger partial charge in [-0.2, -0.15) is 5.48 Å². The fourth-order valence-corrected chi connectivity index (χ4v) is 2.54. The molecule has 2 heterocycles. The van der Waals surface area contributed by atoms with Crippen LogP contribution in [0.5, 0.6) is 0 Å². The van der Waals surface area contributed by atoms with Crippen molar-refractivity contribution in [1.29, 1.82) is 0 Å². The predicted octanol–water partition coefficient (Wildman–Crippen LogP) is 4.40. The Morgan fingerprint density at radius 2 is 2.11 bits per heavy atom. The van der Waals surface area contributed by atoms with E-state index in [4.69, 9.17) is 20.9 Å². The molecule has 0 spiro atoms. The number of furan rings is 1. The largest absolute Gasteiger partial charge is 0.467 e. The molecule has 0 bridgehead atoms. The second-order valence-electron chi connectivity index (χ2n) is 4.92. The summed E-state index contributed by atoms with van der Waals surface area (Å²) in [5.74, 6) is 0.803. The minimum atomic E-state index is -0.272. The van der Waals surface area contributed by atoms with Gasteiger partial charge in [-0.3, -0.25) is 4.84 Å². The van der Waals surface area contributed by atoms with Crippen LogP contribution in [-0.2, 0) is 4.84 Å². The zero-order valence-corrected chi connectivity index (χ0v) is 12.1. The summed E-state index contributed by atoms with van der Waals surface area (Å²) in [7, 11) is 0. The Kier molecular flexibility index (Phi) is 4.12. The Morgan fingerprint density at radius 1 is 1.33 bits per heavy atom. The van der Waals surface area contributed by atoms with Gasteiger partial charge in [0.2, 0.25) is 0 Å². The molecule has 0 saturated carbocycles. The molecule has 2 aromatic heterocycles. The van der Waals surface area contributed by atoms with E-state index in [0.717, 1.165) is 15.0 Å². The summed E-state index contributed by atoms with van der Waals surface area (Å²) >= 11 is 7.48.